The molecule has 3 rings (SSSR count). The van der Waals surface area contributed by atoms with Crippen LogP contribution in [0.3, 0.4) is 0 Å². The molecule has 0 radical (unpaired) electrons. The molecule has 0 fully saturated rings. The fourth-order valence-electron chi connectivity index (χ4n) is 2.98. The molecular weight excluding hydrogens is 318 g/mol. The topological polar surface area (TPSA) is 75.5 Å². The average molecular weight is 337 g/mol. The van der Waals surface area contributed by atoms with Gasteiger partial charge in [-0.3, -0.25) is 14.9 Å². The number of carbonyl (C=O) groups excluding carboxylic acids is 1. The standard InChI is InChI=1S/C19H19N3O3/c1-20-17-8-7-16(13-18(17)22(24)25)19(23)21-11-9-15(10-12-21)14-5-3-2-4-6-14/h2-9,13,20H,10-12H2,1H3. The summed E-state index contributed by atoms with van der Waals surface area (Å²) in [4.78, 5) is 25.1. The van der Waals surface area contributed by atoms with E-state index < -0.39 is 4.92 Å². The molecule has 0 atom stereocenters. The zero-order valence-electron chi connectivity index (χ0n) is 13.9. The summed E-state index contributed by atoms with van der Waals surface area (Å²) in [6.07, 6.45) is 2.82. The van der Waals surface area contributed by atoms with Crippen LogP contribution in [0.5, 0.6) is 0 Å². The normalized spacial score (nSPS) is 14.0. The van der Waals surface area contributed by atoms with E-state index in [4.69, 9.17) is 0 Å². The van der Waals surface area contributed by atoms with E-state index >= 15 is 0 Å². The molecule has 1 aliphatic heterocycles. The van der Waals surface area contributed by atoms with Crippen molar-refractivity contribution in [3.05, 3.63) is 75.8 Å². The van der Waals surface area contributed by atoms with Crippen molar-refractivity contribution in [2.45, 2.75) is 6.42 Å². The molecule has 2 aromatic rings. The van der Waals surface area contributed by atoms with E-state index in [0.717, 1.165) is 6.42 Å². The van der Waals surface area contributed by atoms with E-state index in [1.165, 1.54) is 17.2 Å². The quantitative estimate of drug-likeness (QED) is 0.683. The molecule has 1 aliphatic rings. The zero-order chi connectivity index (χ0) is 17.8. The Morgan fingerprint density at radius 3 is 2.56 bits per heavy atom. The molecule has 1 N–H and O–H groups in total. The molecule has 2 aromatic carbocycles. The zero-order valence-corrected chi connectivity index (χ0v) is 13.9. The Bertz CT molecular complexity index is 831. The summed E-state index contributed by atoms with van der Waals surface area (Å²) in [7, 11) is 1.62. The predicted octanol–water partition coefficient (Wildman–Crippen LogP) is 3.57. The molecule has 0 saturated heterocycles. The minimum atomic E-state index is -0.480. The van der Waals surface area contributed by atoms with E-state index in [1.807, 2.05) is 24.3 Å². The molecule has 128 valence electrons. The number of nitrogens with one attached hydrogen (secondary N) is 1. The molecule has 0 saturated carbocycles. The van der Waals surface area contributed by atoms with Crippen LogP contribution in [0.1, 0.15) is 22.3 Å². The summed E-state index contributed by atoms with van der Waals surface area (Å²) in [5, 5.41) is 13.9. The van der Waals surface area contributed by atoms with Crippen molar-refractivity contribution in [3.8, 4) is 0 Å². The number of carbonyl (C=O) groups is 1. The number of benzene rings is 2. The summed E-state index contributed by atoms with van der Waals surface area (Å²) in [5.41, 5.74) is 3.03. The highest BCUT2D eigenvalue weighted by Crippen LogP contribution is 2.27. The second kappa shape index (κ2) is 7.17. The number of hydrogen-bond donors (Lipinski definition) is 1. The molecular formula is C19H19N3O3. The van der Waals surface area contributed by atoms with Gasteiger partial charge in [-0.2, -0.15) is 0 Å². The third-order valence-electron chi connectivity index (χ3n) is 4.35. The predicted molar refractivity (Wildman–Crippen MR) is 97.6 cm³/mol. The van der Waals surface area contributed by atoms with E-state index in [1.54, 1.807) is 24.1 Å². The van der Waals surface area contributed by atoms with Crippen LogP contribution >= 0.6 is 0 Å². The van der Waals surface area contributed by atoms with Crippen LogP contribution in [0.4, 0.5) is 11.4 Å². The van der Waals surface area contributed by atoms with Crippen molar-refractivity contribution in [1.82, 2.24) is 4.90 Å². The first kappa shape index (κ1) is 16.7. The summed E-state index contributed by atoms with van der Waals surface area (Å²) >= 11 is 0. The second-order valence-corrected chi connectivity index (χ2v) is 5.84. The van der Waals surface area contributed by atoms with Gasteiger partial charge in [-0.15, -0.1) is 0 Å². The van der Waals surface area contributed by atoms with Gasteiger partial charge in [0.2, 0.25) is 0 Å². The van der Waals surface area contributed by atoms with Gasteiger partial charge in [0.1, 0.15) is 5.69 Å². The van der Waals surface area contributed by atoms with Gasteiger partial charge in [-0.25, -0.2) is 0 Å². The summed E-state index contributed by atoms with van der Waals surface area (Å²) in [5.74, 6) is -0.186. The molecule has 0 spiro atoms. The van der Waals surface area contributed by atoms with Crippen LogP contribution in [0.2, 0.25) is 0 Å². The minimum Gasteiger partial charge on any atom is -0.383 e. The Labute approximate surface area is 145 Å². The molecule has 0 aliphatic carbocycles. The number of nitro groups is 1. The summed E-state index contributed by atoms with van der Waals surface area (Å²) < 4.78 is 0. The van der Waals surface area contributed by atoms with Gasteiger partial charge in [0, 0.05) is 31.8 Å². The Kier molecular flexibility index (Phi) is 4.79. The largest absolute Gasteiger partial charge is 0.383 e. The Hall–Kier alpha value is -3.15. The Morgan fingerprint density at radius 2 is 1.96 bits per heavy atom. The number of hydrogen-bond acceptors (Lipinski definition) is 4. The van der Waals surface area contributed by atoms with E-state index in [9.17, 15) is 14.9 Å². The molecule has 0 bridgehead atoms. The maximum absolute atomic E-state index is 12.7. The molecule has 6 nitrogen and oxygen atoms in total. The molecule has 25 heavy (non-hydrogen) atoms. The van der Waals surface area contributed by atoms with Gasteiger partial charge in [-0.1, -0.05) is 36.4 Å². The van der Waals surface area contributed by atoms with Crippen molar-refractivity contribution >= 4 is 22.9 Å². The van der Waals surface area contributed by atoms with E-state index in [-0.39, 0.29) is 11.6 Å². The SMILES string of the molecule is CNc1ccc(C(=O)N2CC=C(c3ccccc3)CC2)cc1[N+](=O)[O-]. The molecule has 0 aromatic heterocycles. The molecule has 0 unspecified atom stereocenters. The van der Waals surface area contributed by atoms with Gasteiger partial charge in [-0.05, 0) is 29.7 Å². The van der Waals surface area contributed by atoms with Crippen LogP contribution in [0.25, 0.3) is 5.57 Å². The van der Waals surface area contributed by atoms with Crippen LogP contribution in [-0.4, -0.2) is 35.9 Å². The maximum atomic E-state index is 12.7. The highest BCUT2D eigenvalue weighted by molar-refractivity contribution is 5.96. The summed E-state index contributed by atoms with van der Waals surface area (Å²) in [6, 6.07) is 14.6. The number of nitro benzene ring substituents is 1. The monoisotopic (exact) mass is 337 g/mol. The van der Waals surface area contributed by atoms with Gasteiger partial charge in [0.05, 0.1) is 4.92 Å². The van der Waals surface area contributed by atoms with Crippen LogP contribution in [-0.2, 0) is 0 Å². The van der Waals surface area contributed by atoms with Crippen LogP contribution in [0.15, 0.2) is 54.6 Å². The summed E-state index contributed by atoms with van der Waals surface area (Å²) in [6.45, 7) is 1.10. The van der Waals surface area contributed by atoms with Gasteiger partial charge >= 0.3 is 0 Å². The van der Waals surface area contributed by atoms with E-state index in [0.29, 0.717) is 24.3 Å². The lowest BCUT2D eigenvalue weighted by molar-refractivity contribution is -0.384. The first-order chi connectivity index (χ1) is 12.1. The second-order valence-electron chi connectivity index (χ2n) is 5.84. The van der Waals surface area contributed by atoms with Crippen molar-refractivity contribution in [2.24, 2.45) is 0 Å². The third-order valence-corrected chi connectivity index (χ3v) is 4.35. The van der Waals surface area contributed by atoms with Gasteiger partial charge in [0.25, 0.3) is 11.6 Å². The fourth-order valence-corrected chi connectivity index (χ4v) is 2.98. The van der Waals surface area contributed by atoms with Crippen LogP contribution < -0.4 is 5.32 Å². The third kappa shape index (κ3) is 3.52. The number of amides is 1. The number of rotatable bonds is 4. The molecule has 1 heterocycles. The minimum absolute atomic E-state index is 0.0918. The van der Waals surface area contributed by atoms with Crippen LogP contribution in [0, 0.1) is 10.1 Å². The average Bonchev–Trinajstić information content (AvgIpc) is 2.67. The highest BCUT2D eigenvalue weighted by Gasteiger charge is 2.22. The van der Waals surface area contributed by atoms with Crippen molar-refractivity contribution in [2.75, 3.05) is 25.5 Å². The number of anilines is 1. The Balaban J connectivity index is 1.78. The lowest BCUT2D eigenvalue weighted by Gasteiger charge is -2.26. The lowest BCUT2D eigenvalue weighted by atomic mass is 9.99. The van der Waals surface area contributed by atoms with Gasteiger partial charge in [0.15, 0.2) is 0 Å². The van der Waals surface area contributed by atoms with Crippen molar-refractivity contribution < 1.29 is 9.72 Å². The molecule has 1 amide bonds. The first-order valence-electron chi connectivity index (χ1n) is 8.10. The highest BCUT2D eigenvalue weighted by atomic mass is 16.6. The van der Waals surface area contributed by atoms with E-state index in [2.05, 4.69) is 17.4 Å². The molecule has 6 heteroatoms. The van der Waals surface area contributed by atoms with Gasteiger partial charge < -0.3 is 10.2 Å². The smallest absolute Gasteiger partial charge is 0.293 e. The number of nitrogens with zero attached hydrogens (tertiary/aromatic N) is 2. The fraction of sp³-hybridized carbons (Fsp3) is 0.211. The Morgan fingerprint density at radius 1 is 1.20 bits per heavy atom. The maximum Gasteiger partial charge on any atom is 0.293 e. The first-order valence-corrected chi connectivity index (χ1v) is 8.10. The lowest BCUT2D eigenvalue weighted by Crippen LogP contribution is -2.34. The van der Waals surface area contributed by atoms with Crippen molar-refractivity contribution in [3.63, 3.8) is 0 Å². The van der Waals surface area contributed by atoms with Crippen molar-refractivity contribution in [1.29, 1.82) is 0 Å².